The molecule has 3 aromatic carbocycles. The van der Waals surface area contributed by atoms with Gasteiger partial charge in [0.25, 0.3) is 5.56 Å². The first-order valence-electron chi connectivity index (χ1n) is 7.91. The third kappa shape index (κ3) is 2.64. The summed E-state index contributed by atoms with van der Waals surface area (Å²) in [6.07, 6.45) is 1.47. The lowest BCUT2D eigenvalue weighted by molar-refractivity contribution is 0.103. The number of benzene rings is 3. The summed E-state index contributed by atoms with van der Waals surface area (Å²) in [6, 6.07) is 23.3. The average Bonchev–Trinajstić information content (AvgIpc) is 2.69. The summed E-state index contributed by atoms with van der Waals surface area (Å²) in [5.41, 5.74) is 2.01. The van der Waals surface area contributed by atoms with Gasteiger partial charge in [-0.3, -0.25) is 14.2 Å². The van der Waals surface area contributed by atoms with Crippen molar-refractivity contribution >= 4 is 16.7 Å². The van der Waals surface area contributed by atoms with Crippen LogP contribution in [0.25, 0.3) is 16.6 Å². The van der Waals surface area contributed by atoms with Crippen LogP contribution in [0.2, 0.25) is 0 Å². The fourth-order valence-electron chi connectivity index (χ4n) is 2.86. The summed E-state index contributed by atoms with van der Waals surface area (Å²) in [4.78, 5) is 30.1. The molecule has 1 heterocycles. The smallest absolute Gasteiger partial charge is 0.265 e. The van der Waals surface area contributed by atoms with Gasteiger partial charge in [-0.05, 0) is 24.3 Å². The molecule has 1 aromatic heterocycles. The number of aromatic nitrogens is 2. The molecule has 0 spiro atoms. The molecule has 0 aliphatic carbocycles. The molecule has 4 nitrogen and oxygen atoms in total. The fraction of sp³-hybridized carbons (Fsp3) is 0. The first kappa shape index (κ1) is 15.0. The van der Waals surface area contributed by atoms with E-state index >= 15 is 0 Å². The van der Waals surface area contributed by atoms with Gasteiger partial charge in [0.2, 0.25) is 0 Å². The van der Waals surface area contributed by atoms with E-state index in [1.807, 2.05) is 24.3 Å². The van der Waals surface area contributed by atoms with Gasteiger partial charge in [0, 0.05) is 11.1 Å². The van der Waals surface area contributed by atoms with Crippen LogP contribution in [-0.4, -0.2) is 15.3 Å². The van der Waals surface area contributed by atoms with Gasteiger partial charge < -0.3 is 0 Å². The third-order valence-corrected chi connectivity index (χ3v) is 4.11. The molecule has 0 fully saturated rings. The Balaban J connectivity index is 1.92. The highest BCUT2D eigenvalue weighted by atomic mass is 16.1. The van der Waals surface area contributed by atoms with E-state index < -0.39 is 0 Å². The molecule has 4 heteroatoms. The van der Waals surface area contributed by atoms with Crippen LogP contribution in [0.1, 0.15) is 15.9 Å². The predicted octanol–water partition coefficient (Wildman–Crippen LogP) is 3.62. The van der Waals surface area contributed by atoms with E-state index in [4.69, 9.17) is 0 Å². The molecule has 0 saturated carbocycles. The molecule has 0 unspecified atom stereocenters. The maximum Gasteiger partial charge on any atom is 0.265 e. The van der Waals surface area contributed by atoms with Crippen LogP contribution < -0.4 is 5.56 Å². The van der Waals surface area contributed by atoms with Gasteiger partial charge >= 0.3 is 0 Å². The Morgan fingerprint density at radius 1 is 0.800 bits per heavy atom. The lowest BCUT2D eigenvalue weighted by Crippen LogP contribution is -2.21. The number of fused-ring (bicyclic) bond motifs is 1. The van der Waals surface area contributed by atoms with Gasteiger partial charge in [0.05, 0.1) is 16.6 Å². The highest BCUT2D eigenvalue weighted by molar-refractivity contribution is 6.11. The summed E-state index contributed by atoms with van der Waals surface area (Å²) < 4.78 is 1.43. The van der Waals surface area contributed by atoms with Crippen molar-refractivity contribution in [3.05, 3.63) is 107 Å². The molecular formula is C21H14N2O2. The lowest BCUT2D eigenvalue weighted by Gasteiger charge is -2.11. The molecule has 0 atom stereocenters. The second-order valence-electron chi connectivity index (χ2n) is 5.65. The van der Waals surface area contributed by atoms with Gasteiger partial charge in [0.15, 0.2) is 5.78 Å². The largest absolute Gasteiger partial charge is 0.289 e. The molecule has 0 aliphatic rings. The molecule has 120 valence electrons. The Morgan fingerprint density at radius 3 is 2.32 bits per heavy atom. The zero-order valence-electron chi connectivity index (χ0n) is 13.3. The molecule has 0 bridgehead atoms. The average molecular weight is 326 g/mol. The van der Waals surface area contributed by atoms with Gasteiger partial charge in [-0.2, -0.15) is 0 Å². The van der Waals surface area contributed by atoms with E-state index in [9.17, 15) is 9.59 Å². The zero-order valence-corrected chi connectivity index (χ0v) is 13.3. The molecule has 4 aromatic rings. The molecule has 25 heavy (non-hydrogen) atoms. The van der Waals surface area contributed by atoms with Crippen LogP contribution in [0.4, 0.5) is 0 Å². The molecule has 0 amide bonds. The van der Waals surface area contributed by atoms with E-state index in [0.717, 1.165) is 0 Å². The van der Waals surface area contributed by atoms with Crippen LogP contribution in [0.5, 0.6) is 0 Å². The zero-order chi connectivity index (χ0) is 17.2. The third-order valence-electron chi connectivity index (χ3n) is 4.11. The number of hydrogen-bond donors (Lipinski definition) is 0. The minimum atomic E-state index is -0.195. The maximum atomic E-state index is 12.9. The van der Waals surface area contributed by atoms with E-state index in [2.05, 4.69) is 4.98 Å². The first-order valence-corrected chi connectivity index (χ1v) is 7.91. The molecule has 0 N–H and O–H groups in total. The van der Waals surface area contributed by atoms with Crippen molar-refractivity contribution in [1.29, 1.82) is 0 Å². The van der Waals surface area contributed by atoms with Crippen molar-refractivity contribution < 1.29 is 4.79 Å². The first-order chi connectivity index (χ1) is 12.3. The summed E-state index contributed by atoms with van der Waals surface area (Å²) in [5, 5.41) is 0.520. The van der Waals surface area contributed by atoms with Gasteiger partial charge in [0.1, 0.15) is 6.33 Å². The number of para-hydroxylation sites is 2. The monoisotopic (exact) mass is 326 g/mol. The molecule has 4 rings (SSSR count). The topological polar surface area (TPSA) is 52.0 Å². The molecular weight excluding hydrogens is 312 g/mol. The molecule has 0 aliphatic heterocycles. The maximum absolute atomic E-state index is 12.9. The van der Waals surface area contributed by atoms with E-state index in [1.54, 1.807) is 54.6 Å². The summed E-state index contributed by atoms with van der Waals surface area (Å²) in [7, 11) is 0. The predicted molar refractivity (Wildman–Crippen MR) is 97.2 cm³/mol. The van der Waals surface area contributed by atoms with E-state index in [1.165, 1.54) is 10.9 Å². The van der Waals surface area contributed by atoms with Crippen molar-refractivity contribution in [2.45, 2.75) is 0 Å². The molecule has 0 saturated heterocycles. The fourth-order valence-corrected chi connectivity index (χ4v) is 2.86. The van der Waals surface area contributed by atoms with Crippen molar-refractivity contribution in [1.82, 2.24) is 9.55 Å². The second kappa shape index (κ2) is 6.17. The van der Waals surface area contributed by atoms with Crippen molar-refractivity contribution in [3.8, 4) is 5.69 Å². The normalized spacial score (nSPS) is 10.7. The van der Waals surface area contributed by atoms with E-state index in [0.29, 0.717) is 27.7 Å². The summed E-state index contributed by atoms with van der Waals surface area (Å²) in [5.74, 6) is -0.128. The lowest BCUT2D eigenvalue weighted by atomic mass is 10.0. The summed E-state index contributed by atoms with van der Waals surface area (Å²) in [6.45, 7) is 0. The van der Waals surface area contributed by atoms with Crippen LogP contribution in [0.3, 0.4) is 0 Å². The van der Waals surface area contributed by atoms with Crippen LogP contribution in [0.15, 0.2) is 90.0 Å². The number of rotatable bonds is 3. The van der Waals surface area contributed by atoms with Gasteiger partial charge in [-0.25, -0.2) is 4.98 Å². The number of hydrogen-bond acceptors (Lipinski definition) is 3. The minimum absolute atomic E-state index is 0.128. The van der Waals surface area contributed by atoms with Crippen LogP contribution in [-0.2, 0) is 0 Å². The number of carbonyl (C=O) groups is 1. The molecule has 0 radical (unpaired) electrons. The van der Waals surface area contributed by atoms with Crippen molar-refractivity contribution in [3.63, 3.8) is 0 Å². The number of carbonyl (C=O) groups excluding carboxylic acids is 1. The highest BCUT2D eigenvalue weighted by Gasteiger charge is 2.16. The standard InChI is InChI=1S/C21H14N2O2/c24-20(15-8-2-1-3-9-15)17-11-5-7-13-19(17)23-14-22-18-12-6-4-10-16(18)21(23)25/h1-14H. The van der Waals surface area contributed by atoms with E-state index in [-0.39, 0.29) is 11.3 Å². The highest BCUT2D eigenvalue weighted by Crippen LogP contribution is 2.18. The minimum Gasteiger partial charge on any atom is -0.289 e. The van der Waals surface area contributed by atoms with Crippen molar-refractivity contribution in [2.75, 3.05) is 0 Å². The Labute approximate surface area is 144 Å². The van der Waals surface area contributed by atoms with Crippen LogP contribution >= 0.6 is 0 Å². The van der Waals surface area contributed by atoms with Gasteiger partial charge in [-0.1, -0.05) is 54.6 Å². The Hall–Kier alpha value is -3.53. The SMILES string of the molecule is O=C(c1ccccc1)c1ccccc1-n1cnc2ccccc2c1=O. The van der Waals surface area contributed by atoms with Gasteiger partial charge in [-0.15, -0.1) is 0 Å². The Bertz CT molecular complexity index is 1130. The quantitative estimate of drug-likeness (QED) is 0.540. The Morgan fingerprint density at radius 2 is 1.48 bits per heavy atom. The number of ketones is 1. The Kier molecular flexibility index (Phi) is 3.71. The summed E-state index contributed by atoms with van der Waals surface area (Å²) >= 11 is 0. The van der Waals surface area contributed by atoms with Crippen molar-refractivity contribution in [2.24, 2.45) is 0 Å². The number of nitrogens with zero attached hydrogens (tertiary/aromatic N) is 2. The van der Waals surface area contributed by atoms with Crippen LogP contribution in [0, 0.1) is 0 Å². The second-order valence-corrected chi connectivity index (χ2v) is 5.65.